The van der Waals surface area contributed by atoms with Gasteiger partial charge in [-0.25, -0.2) is 0 Å². The van der Waals surface area contributed by atoms with Gasteiger partial charge in [0.05, 0.1) is 20.8 Å². The number of nitrogens with two attached hydrogens (primary N) is 1. The maximum Gasteiger partial charge on any atom is 0.137 e. The van der Waals surface area contributed by atoms with E-state index in [1.807, 2.05) is 25.1 Å². The van der Waals surface area contributed by atoms with Crippen molar-refractivity contribution in [1.82, 2.24) is 0 Å². The number of hydrogen-bond acceptors (Lipinski definition) is 3. The molecular weight excluding hydrogens is 262 g/mol. The van der Waals surface area contributed by atoms with Gasteiger partial charge in [0.15, 0.2) is 0 Å². The lowest BCUT2D eigenvalue weighted by Crippen LogP contribution is -1.90. The largest absolute Gasteiger partial charge is 0.492 e. The molecule has 0 aliphatic carbocycles. The molecular formula is C10H10BrNOS. The van der Waals surface area contributed by atoms with Gasteiger partial charge in [-0.05, 0) is 28.9 Å². The minimum atomic E-state index is 0.675. The Morgan fingerprint density at radius 3 is 3.00 bits per heavy atom. The maximum atomic E-state index is 5.91. The molecule has 0 bridgehead atoms. The molecule has 0 amide bonds. The number of fused-ring (bicyclic) bond motifs is 1. The summed E-state index contributed by atoms with van der Waals surface area (Å²) < 4.78 is 7.60. The molecule has 4 heteroatoms. The van der Waals surface area contributed by atoms with Crippen molar-refractivity contribution >= 4 is 43.0 Å². The molecule has 1 aromatic carbocycles. The summed E-state index contributed by atoms with van der Waals surface area (Å²) in [7, 11) is 0. The van der Waals surface area contributed by atoms with Crippen molar-refractivity contribution in [3.63, 3.8) is 0 Å². The summed E-state index contributed by atoms with van der Waals surface area (Å²) in [6.07, 6.45) is 0. The van der Waals surface area contributed by atoms with E-state index in [1.54, 1.807) is 11.3 Å². The van der Waals surface area contributed by atoms with Gasteiger partial charge in [0.25, 0.3) is 0 Å². The Morgan fingerprint density at radius 2 is 2.29 bits per heavy atom. The monoisotopic (exact) mass is 271 g/mol. The van der Waals surface area contributed by atoms with Crippen molar-refractivity contribution < 1.29 is 4.74 Å². The molecule has 14 heavy (non-hydrogen) atoms. The highest BCUT2D eigenvalue weighted by molar-refractivity contribution is 9.11. The molecule has 0 atom stereocenters. The van der Waals surface area contributed by atoms with E-state index in [1.165, 1.54) is 0 Å². The van der Waals surface area contributed by atoms with Crippen molar-refractivity contribution in [1.29, 1.82) is 0 Å². The second-order valence-electron chi connectivity index (χ2n) is 2.86. The van der Waals surface area contributed by atoms with E-state index in [2.05, 4.69) is 15.9 Å². The SMILES string of the molecule is CCOc1cccc2c(N)c(Br)sc12. The predicted molar refractivity (Wildman–Crippen MR) is 65.1 cm³/mol. The Hall–Kier alpha value is -0.740. The zero-order chi connectivity index (χ0) is 10.1. The van der Waals surface area contributed by atoms with E-state index < -0.39 is 0 Å². The van der Waals surface area contributed by atoms with Gasteiger partial charge in [-0.2, -0.15) is 0 Å². The number of ether oxygens (including phenoxy) is 1. The van der Waals surface area contributed by atoms with Crippen LogP contribution in [0.1, 0.15) is 6.92 Å². The molecule has 2 nitrogen and oxygen atoms in total. The highest BCUT2D eigenvalue weighted by Crippen LogP contribution is 2.41. The Balaban J connectivity index is 2.68. The Morgan fingerprint density at radius 1 is 1.50 bits per heavy atom. The van der Waals surface area contributed by atoms with E-state index in [0.29, 0.717) is 6.61 Å². The number of halogens is 1. The molecule has 0 saturated heterocycles. The molecule has 0 unspecified atom stereocenters. The maximum absolute atomic E-state index is 5.91. The number of hydrogen-bond donors (Lipinski definition) is 1. The van der Waals surface area contributed by atoms with Crippen LogP contribution in [-0.2, 0) is 0 Å². The molecule has 0 radical (unpaired) electrons. The first-order valence-electron chi connectivity index (χ1n) is 4.33. The van der Waals surface area contributed by atoms with Gasteiger partial charge in [-0.3, -0.25) is 0 Å². The van der Waals surface area contributed by atoms with Crippen molar-refractivity contribution in [2.75, 3.05) is 12.3 Å². The van der Waals surface area contributed by atoms with E-state index in [9.17, 15) is 0 Å². The second-order valence-corrected chi connectivity index (χ2v) is 5.19. The molecule has 0 spiro atoms. The van der Waals surface area contributed by atoms with Gasteiger partial charge < -0.3 is 10.5 Å². The van der Waals surface area contributed by atoms with Gasteiger partial charge >= 0.3 is 0 Å². The summed E-state index contributed by atoms with van der Waals surface area (Å²) in [6, 6.07) is 5.94. The summed E-state index contributed by atoms with van der Waals surface area (Å²) in [6.45, 7) is 2.65. The van der Waals surface area contributed by atoms with Crippen LogP contribution >= 0.6 is 27.3 Å². The molecule has 2 rings (SSSR count). The topological polar surface area (TPSA) is 35.2 Å². The second kappa shape index (κ2) is 3.79. The van der Waals surface area contributed by atoms with Gasteiger partial charge in [-0.15, -0.1) is 11.3 Å². The fraction of sp³-hybridized carbons (Fsp3) is 0.200. The number of benzene rings is 1. The van der Waals surface area contributed by atoms with E-state index in [0.717, 1.165) is 25.3 Å². The molecule has 1 aromatic heterocycles. The summed E-state index contributed by atoms with van der Waals surface area (Å²) in [5, 5.41) is 1.06. The fourth-order valence-electron chi connectivity index (χ4n) is 1.35. The standard InChI is InChI=1S/C10H10BrNOS/c1-2-13-7-5-3-4-6-8(12)10(11)14-9(6)7/h3-5H,2,12H2,1H3. The molecule has 74 valence electrons. The summed E-state index contributed by atoms with van der Waals surface area (Å²) in [5.41, 5.74) is 6.71. The smallest absolute Gasteiger partial charge is 0.137 e. The Bertz CT molecular complexity index is 466. The molecule has 0 aliphatic heterocycles. The van der Waals surface area contributed by atoms with Crippen LogP contribution in [0, 0.1) is 0 Å². The quantitative estimate of drug-likeness (QED) is 0.905. The summed E-state index contributed by atoms with van der Waals surface area (Å²) >= 11 is 5.04. The van der Waals surface area contributed by atoms with Crippen molar-refractivity contribution in [2.24, 2.45) is 0 Å². The first kappa shape index (κ1) is 9.80. The van der Waals surface area contributed by atoms with Crippen LogP contribution in [0.25, 0.3) is 10.1 Å². The van der Waals surface area contributed by atoms with Crippen LogP contribution in [0.2, 0.25) is 0 Å². The van der Waals surface area contributed by atoms with Crippen LogP contribution in [0.5, 0.6) is 5.75 Å². The molecule has 0 fully saturated rings. The van der Waals surface area contributed by atoms with Crippen LogP contribution < -0.4 is 10.5 Å². The van der Waals surface area contributed by atoms with Crippen molar-refractivity contribution in [3.8, 4) is 5.75 Å². The minimum Gasteiger partial charge on any atom is -0.492 e. The Kier molecular flexibility index (Phi) is 2.65. The van der Waals surface area contributed by atoms with Gasteiger partial charge in [0, 0.05) is 5.39 Å². The lowest BCUT2D eigenvalue weighted by atomic mass is 10.2. The number of anilines is 1. The number of rotatable bonds is 2. The number of nitrogen functional groups attached to an aromatic ring is 1. The Labute approximate surface area is 94.8 Å². The highest BCUT2D eigenvalue weighted by atomic mass is 79.9. The van der Waals surface area contributed by atoms with Gasteiger partial charge in [0.1, 0.15) is 5.75 Å². The highest BCUT2D eigenvalue weighted by Gasteiger charge is 2.10. The molecule has 0 aliphatic rings. The summed E-state index contributed by atoms with van der Waals surface area (Å²) in [4.78, 5) is 0. The third-order valence-corrected chi connectivity index (χ3v) is 3.91. The average Bonchev–Trinajstić information content (AvgIpc) is 2.46. The third-order valence-electron chi connectivity index (χ3n) is 1.97. The van der Waals surface area contributed by atoms with Crippen LogP contribution in [0.3, 0.4) is 0 Å². The van der Waals surface area contributed by atoms with Gasteiger partial charge in [-0.1, -0.05) is 12.1 Å². The molecule has 0 saturated carbocycles. The van der Waals surface area contributed by atoms with E-state index in [-0.39, 0.29) is 0 Å². The predicted octanol–water partition coefficient (Wildman–Crippen LogP) is 3.64. The first-order chi connectivity index (χ1) is 6.74. The lowest BCUT2D eigenvalue weighted by Gasteiger charge is -2.03. The van der Waals surface area contributed by atoms with E-state index >= 15 is 0 Å². The molecule has 2 aromatic rings. The molecule has 2 N–H and O–H groups in total. The van der Waals surface area contributed by atoms with Gasteiger partial charge in [0.2, 0.25) is 0 Å². The number of thiophene rings is 1. The third kappa shape index (κ3) is 1.48. The zero-order valence-electron chi connectivity index (χ0n) is 7.71. The van der Waals surface area contributed by atoms with Crippen LogP contribution in [0.4, 0.5) is 5.69 Å². The van der Waals surface area contributed by atoms with Crippen molar-refractivity contribution in [3.05, 3.63) is 22.0 Å². The zero-order valence-corrected chi connectivity index (χ0v) is 10.1. The van der Waals surface area contributed by atoms with E-state index in [4.69, 9.17) is 10.5 Å². The minimum absolute atomic E-state index is 0.675. The van der Waals surface area contributed by atoms with Crippen LogP contribution in [0.15, 0.2) is 22.0 Å². The normalized spacial score (nSPS) is 10.7. The lowest BCUT2D eigenvalue weighted by molar-refractivity contribution is 0.345. The average molecular weight is 272 g/mol. The fourth-order valence-corrected chi connectivity index (χ4v) is 2.97. The van der Waals surface area contributed by atoms with Crippen LogP contribution in [-0.4, -0.2) is 6.61 Å². The molecule has 1 heterocycles. The van der Waals surface area contributed by atoms with Crippen molar-refractivity contribution in [2.45, 2.75) is 6.92 Å². The summed E-state index contributed by atoms with van der Waals surface area (Å²) in [5.74, 6) is 0.910. The first-order valence-corrected chi connectivity index (χ1v) is 5.94.